The van der Waals surface area contributed by atoms with Crippen LogP contribution in [0.1, 0.15) is 71.1 Å². The number of nitrogens with one attached hydrogen (secondary N) is 2. The highest BCUT2D eigenvalue weighted by Crippen LogP contribution is 2.43. The van der Waals surface area contributed by atoms with Gasteiger partial charge in [-0.25, -0.2) is 17.6 Å². The molecule has 0 radical (unpaired) electrons. The molecule has 2 aliphatic rings. The molecule has 1 unspecified atom stereocenters. The number of rotatable bonds is 6. The van der Waals surface area contributed by atoms with Crippen LogP contribution in [0, 0.1) is 17.1 Å². The minimum Gasteiger partial charge on any atom is -0.478 e. The molecule has 0 bridgehead atoms. The van der Waals surface area contributed by atoms with E-state index < -0.39 is 21.8 Å². The van der Waals surface area contributed by atoms with Crippen molar-refractivity contribution in [2.75, 3.05) is 11.3 Å². The van der Waals surface area contributed by atoms with Crippen molar-refractivity contribution < 1.29 is 22.7 Å². The van der Waals surface area contributed by atoms with Crippen molar-refractivity contribution >= 4 is 21.7 Å². The average Bonchev–Trinajstić information content (AvgIpc) is 3.60. The molecule has 3 N–H and O–H groups in total. The zero-order valence-electron chi connectivity index (χ0n) is 16.7. The molecule has 2 aromatic carbocycles. The van der Waals surface area contributed by atoms with E-state index in [-0.39, 0.29) is 33.7 Å². The molecule has 4 rings (SSSR count). The number of carbonyl (C=O) groups is 1. The maximum atomic E-state index is 14.4. The highest BCUT2D eigenvalue weighted by atomic mass is 32.2. The van der Waals surface area contributed by atoms with E-state index in [0.717, 1.165) is 38.3 Å². The molecular weight excluding hydrogens is 421 g/mol. The lowest BCUT2D eigenvalue weighted by Gasteiger charge is -2.26. The fraction of sp³-hybridized carbons (Fsp3) is 0.364. The number of carboxylic acid groups (broad SMARTS) is 1. The summed E-state index contributed by atoms with van der Waals surface area (Å²) < 4.78 is 43.6. The van der Waals surface area contributed by atoms with E-state index in [1.54, 1.807) is 12.1 Å². The lowest BCUT2D eigenvalue weighted by Crippen LogP contribution is -2.28. The van der Waals surface area contributed by atoms with Gasteiger partial charge in [0.25, 0.3) is 10.0 Å². The Kier molecular flexibility index (Phi) is 5.69. The zero-order valence-corrected chi connectivity index (χ0v) is 17.5. The van der Waals surface area contributed by atoms with Gasteiger partial charge in [0.05, 0.1) is 21.7 Å². The van der Waals surface area contributed by atoms with Crippen molar-refractivity contribution in [3.05, 3.63) is 58.4 Å². The van der Waals surface area contributed by atoms with Crippen molar-refractivity contribution in [1.29, 1.82) is 5.26 Å². The summed E-state index contributed by atoms with van der Waals surface area (Å²) in [6, 6.07) is 8.01. The molecule has 0 aromatic heterocycles. The first-order valence-electron chi connectivity index (χ1n) is 10.2. The van der Waals surface area contributed by atoms with Crippen LogP contribution >= 0.6 is 0 Å². The number of hydrogen-bond donors (Lipinski definition) is 3. The third-order valence-electron chi connectivity index (χ3n) is 5.76. The molecule has 162 valence electrons. The van der Waals surface area contributed by atoms with Gasteiger partial charge in [-0.1, -0.05) is 12.5 Å². The smallest absolute Gasteiger partial charge is 0.335 e. The quantitative estimate of drug-likeness (QED) is 0.623. The molecular formula is C22H22FN3O4S. The summed E-state index contributed by atoms with van der Waals surface area (Å²) in [4.78, 5) is 11.3. The van der Waals surface area contributed by atoms with Crippen LogP contribution in [0.5, 0.6) is 0 Å². The Morgan fingerprint density at radius 2 is 1.94 bits per heavy atom. The van der Waals surface area contributed by atoms with Crippen molar-refractivity contribution in [2.24, 2.45) is 0 Å². The molecule has 0 spiro atoms. The van der Waals surface area contributed by atoms with Gasteiger partial charge in [0.2, 0.25) is 0 Å². The molecule has 1 saturated heterocycles. The Labute approximate surface area is 180 Å². The van der Waals surface area contributed by atoms with Crippen molar-refractivity contribution in [3.8, 4) is 6.07 Å². The fourth-order valence-electron chi connectivity index (χ4n) is 4.00. The topological polar surface area (TPSA) is 119 Å². The highest BCUT2D eigenvalue weighted by Gasteiger charge is 2.32. The Balaban J connectivity index is 1.79. The molecule has 1 heterocycles. The van der Waals surface area contributed by atoms with Gasteiger partial charge in [-0.3, -0.25) is 4.72 Å². The lowest BCUT2D eigenvalue weighted by molar-refractivity contribution is 0.0696. The Morgan fingerprint density at radius 1 is 1.16 bits per heavy atom. The normalized spacial score (nSPS) is 18.9. The second kappa shape index (κ2) is 8.29. The van der Waals surface area contributed by atoms with Crippen LogP contribution < -0.4 is 10.0 Å². The number of carboxylic acids is 1. The monoisotopic (exact) mass is 443 g/mol. The zero-order chi connectivity index (χ0) is 22.2. The van der Waals surface area contributed by atoms with E-state index in [1.807, 2.05) is 0 Å². The standard InChI is InChI=1S/C22H22FN3O4S/c23-18-11-17(19-3-1-2-8-25-19)20(9-15(18)12-24)26-31(29,30)21-10-14(22(27)28)6-7-16(21)13-4-5-13/h6-7,9-11,13,19,25-26H,1-5,8H2,(H,27,28). The van der Waals surface area contributed by atoms with Crippen LogP contribution in [0.3, 0.4) is 0 Å². The van der Waals surface area contributed by atoms with E-state index >= 15 is 0 Å². The Hall–Kier alpha value is -2.96. The van der Waals surface area contributed by atoms with Crippen molar-refractivity contribution in [2.45, 2.75) is 49.0 Å². The first kappa shape index (κ1) is 21.3. The minimum atomic E-state index is -4.18. The van der Waals surface area contributed by atoms with Crippen molar-refractivity contribution in [1.82, 2.24) is 5.32 Å². The first-order valence-corrected chi connectivity index (χ1v) is 11.7. The largest absolute Gasteiger partial charge is 0.478 e. The SMILES string of the molecule is N#Cc1cc(NS(=O)(=O)c2cc(C(=O)O)ccc2C2CC2)c(C2CCCCN2)cc1F. The predicted octanol–water partition coefficient (Wildman–Crippen LogP) is 3.89. The summed E-state index contributed by atoms with van der Waals surface area (Å²) in [6.07, 6.45) is 4.27. The molecule has 1 saturated carbocycles. The molecule has 1 atom stereocenters. The number of sulfonamides is 1. The van der Waals surface area contributed by atoms with Gasteiger partial charge in [-0.05, 0) is 73.5 Å². The Bertz CT molecular complexity index is 1180. The molecule has 0 amide bonds. The number of anilines is 1. The fourth-order valence-corrected chi connectivity index (χ4v) is 5.40. The number of piperidine rings is 1. The Morgan fingerprint density at radius 3 is 2.55 bits per heavy atom. The van der Waals surface area contributed by atoms with Crippen molar-refractivity contribution in [3.63, 3.8) is 0 Å². The number of benzene rings is 2. The van der Waals surface area contributed by atoms with E-state index in [1.165, 1.54) is 18.2 Å². The number of halogens is 1. The maximum Gasteiger partial charge on any atom is 0.335 e. The third-order valence-corrected chi connectivity index (χ3v) is 7.18. The van der Waals surface area contributed by atoms with Crippen LogP contribution in [-0.4, -0.2) is 26.0 Å². The van der Waals surface area contributed by atoms with Crippen LogP contribution in [0.4, 0.5) is 10.1 Å². The first-order chi connectivity index (χ1) is 14.8. The number of aromatic carboxylic acids is 1. The number of nitriles is 1. The van der Waals surface area contributed by atoms with Crippen LogP contribution in [0.15, 0.2) is 35.2 Å². The summed E-state index contributed by atoms with van der Waals surface area (Å²) >= 11 is 0. The average molecular weight is 444 g/mol. The summed E-state index contributed by atoms with van der Waals surface area (Å²) in [5.41, 5.74) is 0.731. The number of nitrogens with zero attached hydrogens (tertiary/aromatic N) is 1. The lowest BCUT2D eigenvalue weighted by atomic mass is 9.95. The van der Waals surface area contributed by atoms with E-state index in [9.17, 15) is 28.0 Å². The van der Waals surface area contributed by atoms with Gasteiger partial charge < -0.3 is 10.4 Å². The summed E-state index contributed by atoms with van der Waals surface area (Å²) in [5, 5.41) is 21.8. The highest BCUT2D eigenvalue weighted by molar-refractivity contribution is 7.92. The summed E-state index contributed by atoms with van der Waals surface area (Å²) in [7, 11) is -4.18. The van der Waals surface area contributed by atoms with Crippen LogP contribution in [-0.2, 0) is 10.0 Å². The van der Waals surface area contributed by atoms with Gasteiger partial charge in [0, 0.05) is 6.04 Å². The number of hydrogen-bond acceptors (Lipinski definition) is 5. The molecule has 2 fully saturated rings. The summed E-state index contributed by atoms with van der Waals surface area (Å²) in [6.45, 7) is 0.727. The van der Waals surface area contributed by atoms with E-state index in [0.29, 0.717) is 17.5 Å². The maximum absolute atomic E-state index is 14.4. The molecule has 1 aliphatic carbocycles. The minimum absolute atomic E-state index is 0.0665. The predicted molar refractivity (Wildman–Crippen MR) is 112 cm³/mol. The van der Waals surface area contributed by atoms with Gasteiger partial charge in [0.1, 0.15) is 11.9 Å². The molecule has 1 aliphatic heterocycles. The van der Waals surface area contributed by atoms with Gasteiger partial charge in [-0.2, -0.15) is 5.26 Å². The van der Waals surface area contributed by atoms with E-state index in [2.05, 4.69) is 10.0 Å². The van der Waals surface area contributed by atoms with Gasteiger partial charge >= 0.3 is 5.97 Å². The van der Waals surface area contributed by atoms with Gasteiger partial charge in [0.15, 0.2) is 0 Å². The molecule has 7 nitrogen and oxygen atoms in total. The third kappa shape index (κ3) is 4.40. The second-order valence-electron chi connectivity index (χ2n) is 7.97. The van der Waals surface area contributed by atoms with Crippen LogP contribution in [0.25, 0.3) is 0 Å². The van der Waals surface area contributed by atoms with Gasteiger partial charge in [-0.15, -0.1) is 0 Å². The van der Waals surface area contributed by atoms with E-state index in [4.69, 9.17) is 0 Å². The summed E-state index contributed by atoms with van der Waals surface area (Å²) in [5.74, 6) is -1.87. The molecule has 31 heavy (non-hydrogen) atoms. The van der Waals surface area contributed by atoms with Crippen LogP contribution in [0.2, 0.25) is 0 Å². The second-order valence-corrected chi connectivity index (χ2v) is 9.62. The molecule has 9 heteroatoms. The molecule has 2 aromatic rings.